The summed E-state index contributed by atoms with van der Waals surface area (Å²) in [5.74, 6) is 0. The van der Waals surface area contributed by atoms with E-state index in [4.69, 9.17) is 16.0 Å². The maximum absolute atomic E-state index is 6.15. The first-order valence-electron chi connectivity index (χ1n) is 8.30. The molecule has 4 heteroatoms. The Morgan fingerprint density at radius 2 is 1.38 bits per heavy atom. The van der Waals surface area contributed by atoms with E-state index < -0.39 is 0 Å². The Labute approximate surface area is 154 Å². The average molecular weight is 357 g/mol. The molecule has 0 N–H and O–H groups in total. The summed E-state index contributed by atoms with van der Waals surface area (Å²) in [6.07, 6.45) is 0. The van der Waals surface area contributed by atoms with Crippen LogP contribution >= 0.6 is 11.6 Å². The van der Waals surface area contributed by atoms with Gasteiger partial charge < -0.3 is 4.42 Å². The second-order valence-corrected chi connectivity index (χ2v) is 6.40. The maximum atomic E-state index is 6.15. The highest BCUT2D eigenvalue weighted by molar-refractivity contribution is 6.29. The van der Waals surface area contributed by atoms with E-state index in [9.17, 15) is 0 Å². The quantitative estimate of drug-likeness (QED) is 0.345. The first-order valence-corrected chi connectivity index (χ1v) is 8.68. The fourth-order valence-corrected chi connectivity index (χ4v) is 3.43. The summed E-state index contributed by atoms with van der Waals surface area (Å²) < 4.78 is 5.95. The third-order valence-corrected chi connectivity index (χ3v) is 4.63. The van der Waals surface area contributed by atoms with Gasteiger partial charge in [-0.1, -0.05) is 66.7 Å². The molecule has 0 amide bonds. The number of rotatable bonds is 2. The Morgan fingerprint density at radius 3 is 2.12 bits per heavy atom. The Morgan fingerprint density at radius 1 is 0.692 bits per heavy atom. The number of hydrogen-bond acceptors (Lipinski definition) is 3. The molecule has 2 aromatic heterocycles. The van der Waals surface area contributed by atoms with E-state index in [0.29, 0.717) is 5.71 Å². The van der Waals surface area contributed by atoms with Crippen molar-refractivity contribution in [3.05, 3.63) is 84.1 Å². The lowest BCUT2D eigenvalue weighted by Crippen LogP contribution is -1.89. The van der Waals surface area contributed by atoms with Crippen LogP contribution in [0.4, 0.5) is 0 Å². The highest BCUT2D eigenvalue weighted by Gasteiger charge is 2.17. The highest BCUT2D eigenvalue weighted by atomic mass is 35.5. The lowest BCUT2D eigenvalue weighted by Gasteiger charge is -2.04. The van der Waals surface area contributed by atoms with Gasteiger partial charge in [-0.3, -0.25) is 0 Å². The molecule has 0 aliphatic rings. The van der Waals surface area contributed by atoms with Gasteiger partial charge in [0.2, 0.25) is 11.0 Å². The molecular formula is C22H13ClN2O. The van der Waals surface area contributed by atoms with Crippen molar-refractivity contribution in [3.63, 3.8) is 0 Å². The van der Waals surface area contributed by atoms with Gasteiger partial charge in [0.15, 0.2) is 0 Å². The minimum atomic E-state index is 0.179. The normalized spacial score (nSPS) is 11.3. The van der Waals surface area contributed by atoms with E-state index in [1.807, 2.05) is 54.6 Å². The van der Waals surface area contributed by atoms with E-state index in [1.165, 1.54) is 0 Å². The number of furan rings is 1. The number of nitrogens with zero attached hydrogens (tertiary/aromatic N) is 2. The van der Waals surface area contributed by atoms with Crippen LogP contribution in [0.3, 0.4) is 0 Å². The van der Waals surface area contributed by atoms with Crippen molar-refractivity contribution >= 4 is 33.7 Å². The van der Waals surface area contributed by atoms with Crippen LogP contribution in [0.15, 0.2) is 83.3 Å². The number of fused-ring (bicyclic) bond motifs is 3. The number of benzene rings is 3. The Kier molecular flexibility index (Phi) is 3.47. The topological polar surface area (TPSA) is 38.9 Å². The summed E-state index contributed by atoms with van der Waals surface area (Å²) in [4.78, 5) is 8.78. The number of halogens is 1. The molecule has 0 atom stereocenters. The molecule has 0 saturated carbocycles. The van der Waals surface area contributed by atoms with Crippen LogP contribution < -0.4 is 0 Å². The Balaban J connectivity index is 1.85. The standard InChI is InChI=1S/C22H13ClN2O/c23-22-24-20(15-9-5-2-6-10-15)19-17-13-16(14-7-3-1-4-8-14)11-12-18(17)26-21(19)25-22/h1-13H. The fourth-order valence-electron chi connectivity index (χ4n) is 3.26. The van der Waals surface area contributed by atoms with Crippen LogP contribution in [0.25, 0.3) is 44.5 Å². The molecular weight excluding hydrogens is 344 g/mol. The first-order chi connectivity index (χ1) is 12.8. The van der Waals surface area contributed by atoms with Gasteiger partial charge in [0.1, 0.15) is 5.58 Å². The third kappa shape index (κ3) is 2.45. The molecule has 0 aliphatic carbocycles. The van der Waals surface area contributed by atoms with Gasteiger partial charge in [0.25, 0.3) is 0 Å². The summed E-state index contributed by atoms with van der Waals surface area (Å²) in [7, 11) is 0. The number of aromatic nitrogens is 2. The van der Waals surface area contributed by atoms with Crippen LogP contribution in [-0.2, 0) is 0 Å². The zero-order chi connectivity index (χ0) is 17.5. The number of hydrogen-bond donors (Lipinski definition) is 0. The van der Waals surface area contributed by atoms with E-state index in [-0.39, 0.29) is 5.28 Å². The molecule has 0 spiro atoms. The lowest BCUT2D eigenvalue weighted by atomic mass is 10.0. The lowest BCUT2D eigenvalue weighted by molar-refractivity contribution is 0.653. The first kappa shape index (κ1) is 15.1. The molecule has 5 rings (SSSR count). The van der Waals surface area contributed by atoms with Gasteiger partial charge in [0.05, 0.1) is 11.1 Å². The third-order valence-electron chi connectivity index (χ3n) is 4.46. The smallest absolute Gasteiger partial charge is 0.232 e. The molecule has 0 aliphatic heterocycles. The van der Waals surface area contributed by atoms with E-state index >= 15 is 0 Å². The molecule has 124 valence electrons. The predicted octanol–water partition coefficient (Wildman–Crippen LogP) is 6.36. The van der Waals surface area contributed by atoms with Gasteiger partial charge >= 0.3 is 0 Å². The van der Waals surface area contributed by atoms with Crippen molar-refractivity contribution in [3.8, 4) is 22.4 Å². The summed E-state index contributed by atoms with van der Waals surface area (Å²) >= 11 is 6.15. The van der Waals surface area contributed by atoms with Crippen molar-refractivity contribution in [2.75, 3.05) is 0 Å². The van der Waals surface area contributed by atoms with Gasteiger partial charge in [-0.05, 0) is 34.9 Å². The molecule has 0 bridgehead atoms. The molecule has 3 aromatic carbocycles. The van der Waals surface area contributed by atoms with Crippen LogP contribution in [0, 0.1) is 0 Å². The molecule has 2 heterocycles. The van der Waals surface area contributed by atoms with Crippen molar-refractivity contribution in [1.29, 1.82) is 0 Å². The summed E-state index contributed by atoms with van der Waals surface area (Å²) in [5.41, 5.74) is 5.31. The van der Waals surface area contributed by atoms with Crippen LogP contribution in [-0.4, -0.2) is 9.97 Å². The molecule has 0 radical (unpaired) electrons. The van der Waals surface area contributed by atoms with Gasteiger partial charge in [-0.25, -0.2) is 4.98 Å². The molecule has 0 unspecified atom stereocenters. The molecule has 3 nitrogen and oxygen atoms in total. The second kappa shape index (κ2) is 5.97. The Bertz CT molecular complexity index is 1230. The fraction of sp³-hybridized carbons (Fsp3) is 0. The van der Waals surface area contributed by atoms with E-state index in [0.717, 1.165) is 38.7 Å². The van der Waals surface area contributed by atoms with Crippen LogP contribution in [0.5, 0.6) is 0 Å². The summed E-state index contributed by atoms with van der Waals surface area (Å²) in [5, 5.41) is 2.05. The predicted molar refractivity (Wildman–Crippen MR) is 105 cm³/mol. The van der Waals surface area contributed by atoms with Crippen LogP contribution in [0.2, 0.25) is 5.28 Å². The molecule has 5 aromatic rings. The molecule has 0 saturated heterocycles. The second-order valence-electron chi connectivity index (χ2n) is 6.07. The highest BCUT2D eigenvalue weighted by Crippen LogP contribution is 2.37. The Hall–Kier alpha value is -3.17. The monoisotopic (exact) mass is 356 g/mol. The van der Waals surface area contributed by atoms with Gasteiger partial charge in [-0.15, -0.1) is 0 Å². The summed E-state index contributed by atoms with van der Waals surface area (Å²) in [6.45, 7) is 0. The van der Waals surface area contributed by atoms with E-state index in [2.05, 4.69) is 34.2 Å². The van der Waals surface area contributed by atoms with Crippen molar-refractivity contribution in [2.24, 2.45) is 0 Å². The minimum absolute atomic E-state index is 0.179. The molecule has 0 fully saturated rings. The zero-order valence-electron chi connectivity index (χ0n) is 13.7. The van der Waals surface area contributed by atoms with Crippen LogP contribution in [0.1, 0.15) is 0 Å². The van der Waals surface area contributed by atoms with Crippen molar-refractivity contribution < 1.29 is 4.42 Å². The zero-order valence-corrected chi connectivity index (χ0v) is 14.4. The van der Waals surface area contributed by atoms with Gasteiger partial charge in [-0.2, -0.15) is 4.98 Å². The van der Waals surface area contributed by atoms with E-state index in [1.54, 1.807) is 0 Å². The minimum Gasteiger partial charge on any atom is -0.438 e. The SMILES string of the molecule is Clc1nc(-c2ccccc2)c2c(n1)oc1ccc(-c3ccccc3)cc12. The van der Waals surface area contributed by atoms with Gasteiger partial charge in [0, 0.05) is 10.9 Å². The maximum Gasteiger partial charge on any atom is 0.232 e. The average Bonchev–Trinajstić information content (AvgIpc) is 3.06. The molecule has 26 heavy (non-hydrogen) atoms. The van der Waals surface area contributed by atoms with Crippen molar-refractivity contribution in [2.45, 2.75) is 0 Å². The largest absolute Gasteiger partial charge is 0.438 e. The summed E-state index contributed by atoms with van der Waals surface area (Å²) in [6, 6.07) is 26.4. The van der Waals surface area contributed by atoms with Crippen molar-refractivity contribution in [1.82, 2.24) is 9.97 Å².